The van der Waals surface area contributed by atoms with E-state index < -0.39 is 0 Å². The molecule has 2 aromatic carbocycles. The zero-order valence-electron chi connectivity index (χ0n) is 17.7. The van der Waals surface area contributed by atoms with Gasteiger partial charge in [-0.25, -0.2) is 0 Å². The predicted molar refractivity (Wildman–Crippen MR) is 132 cm³/mol. The van der Waals surface area contributed by atoms with Gasteiger partial charge in [-0.05, 0) is 29.8 Å². The van der Waals surface area contributed by atoms with Gasteiger partial charge in [-0.2, -0.15) is 0 Å². The summed E-state index contributed by atoms with van der Waals surface area (Å²) in [7, 11) is 5.14. The highest BCUT2D eigenvalue weighted by Crippen LogP contribution is 2.22. The van der Waals surface area contributed by atoms with Crippen molar-refractivity contribution in [2.75, 3.05) is 52.3 Å². The number of rotatable bonds is 5. The third-order valence-electron chi connectivity index (χ3n) is 5.10. The number of carbonyl (C=O) groups is 1. The van der Waals surface area contributed by atoms with Crippen LogP contribution in [0, 0.1) is 0 Å². The number of guanidine groups is 1. The molecule has 3 rings (SSSR count). The first-order valence-electron chi connectivity index (χ1n) is 9.80. The summed E-state index contributed by atoms with van der Waals surface area (Å²) in [4.78, 5) is 20.7. The van der Waals surface area contributed by atoms with E-state index in [-0.39, 0.29) is 29.9 Å². The van der Waals surface area contributed by atoms with Crippen LogP contribution in [-0.2, 0) is 6.54 Å². The number of nitrogens with zero attached hydrogens (tertiary/aromatic N) is 3. The van der Waals surface area contributed by atoms with E-state index in [1.54, 1.807) is 14.2 Å². The van der Waals surface area contributed by atoms with Gasteiger partial charge in [0.05, 0.1) is 7.11 Å². The smallest absolute Gasteiger partial charge is 0.251 e. The van der Waals surface area contributed by atoms with Gasteiger partial charge in [-0.1, -0.05) is 18.2 Å². The molecular formula is C22H30IN5O2. The van der Waals surface area contributed by atoms with E-state index in [1.165, 1.54) is 5.69 Å². The van der Waals surface area contributed by atoms with Crippen molar-refractivity contribution >= 4 is 41.5 Å². The molecule has 162 valence electrons. The van der Waals surface area contributed by atoms with E-state index in [2.05, 4.69) is 37.6 Å². The SMILES string of the molecule is CN=C(NCc1ccc(C(=O)NC)cc1)N1CCN(c2cccc(OC)c2)CC1.I. The quantitative estimate of drug-likeness (QED) is 0.359. The minimum atomic E-state index is -0.0748. The Balaban J connectivity index is 0.00000320. The minimum absolute atomic E-state index is 0. The summed E-state index contributed by atoms with van der Waals surface area (Å²) in [5, 5.41) is 6.06. The second-order valence-electron chi connectivity index (χ2n) is 6.85. The first-order valence-corrected chi connectivity index (χ1v) is 9.80. The molecule has 0 saturated carbocycles. The van der Waals surface area contributed by atoms with Crippen LogP contribution in [0.25, 0.3) is 0 Å². The fraction of sp³-hybridized carbons (Fsp3) is 0.364. The molecule has 0 unspecified atom stereocenters. The van der Waals surface area contributed by atoms with E-state index in [1.807, 2.05) is 43.4 Å². The first-order chi connectivity index (χ1) is 14.1. The number of amides is 1. The molecule has 1 fully saturated rings. The molecule has 1 saturated heterocycles. The molecule has 1 heterocycles. The van der Waals surface area contributed by atoms with Crippen LogP contribution < -0.4 is 20.3 Å². The molecule has 2 aromatic rings. The van der Waals surface area contributed by atoms with Crippen LogP contribution in [0.3, 0.4) is 0 Å². The molecule has 0 radical (unpaired) electrons. The van der Waals surface area contributed by atoms with Gasteiger partial charge in [0.15, 0.2) is 5.96 Å². The minimum Gasteiger partial charge on any atom is -0.497 e. The van der Waals surface area contributed by atoms with Crippen molar-refractivity contribution in [3.63, 3.8) is 0 Å². The summed E-state index contributed by atoms with van der Waals surface area (Å²) < 4.78 is 5.33. The second-order valence-corrected chi connectivity index (χ2v) is 6.85. The number of ether oxygens (including phenoxy) is 1. The number of halogens is 1. The highest BCUT2D eigenvalue weighted by atomic mass is 127. The monoisotopic (exact) mass is 523 g/mol. The molecule has 0 bridgehead atoms. The molecule has 1 aliphatic rings. The van der Waals surface area contributed by atoms with Crippen LogP contribution in [0.5, 0.6) is 5.75 Å². The highest BCUT2D eigenvalue weighted by Gasteiger charge is 2.20. The molecule has 30 heavy (non-hydrogen) atoms. The third-order valence-corrected chi connectivity index (χ3v) is 5.10. The van der Waals surface area contributed by atoms with Crippen molar-refractivity contribution in [3.8, 4) is 5.75 Å². The number of nitrogens with one attached hydrogen (secondary N) is 2. The lowest BCUT2D eigenvalue weighted by atomic mass is 10.1. The largest absolute Gasteiger partial charge is 0.497 e. The number of hydrogen-bond acceptors (Lipinski definition) is 4. The van der Waals surface area contributed by atoms with Crippen molar-refractivity contribution in [1.82, 2.24) is 15.5 Å². The van der Waals surface area contributed by atoms with Gasteiger partial charge >= 0.3 is 0 Å². The number of hydrogen-bond donors (Lipinski definition) is 2. The highest BCUT2D eigenvalue weighted by molar-refractivity contribution is 14.0. The third kappa shape index (κ3) is 6.01. The van der Waals surface area contributed by atoms with Crippen LogP contribution in [0.2, 0.25) is 0 Å². The maximum Gasteiger partial charge on any atom is 0.251 e. The van der Waals surface area contributed by atoms with Gasteiger partial charge < -0.3 is 25.2 Å². The molecule has 8 heteroatoms. The van der Waals surface area contributed by atoms with Gasteiger partial charge in [0.1, 0.15) is 5.75 Å². The standard InChI is InChI=1S/C22H29N5O2.HI/c1-23-21(28)18-9-7-17(8-10-18)16-25-22(24-2)27-13-11-26(12-14-27)19-5-4-6-20(15-19)29-3;/h4-10,15H,11-14,16H2,1-3H3,(H,23,28)(H,24,25);1H. The Labute approximate surface area is 195 Å². The van der Waals surface area contributed by atoms with Crippen molar-refractivity contribution in [1.29, 1.82) is 0 Å². The average molecular weight is 523 g/mol. The Morgan fingerprint density at radius 3 is 2.40 bits per heavy atom. The summed E-state index contributed by atoms with van der Waals surface area (Å²) in [6.45, 7) is 4.30. The number of methoxy groups -OCH3 is 1. The fourth-order valence-corrected chi connectivity index (χ4v) is 3.42. The average Bonchev–Trinajstić information content (AvgIpc) is 2.79. The van der Waals surface area contributed by atoms with E-state index in [9.17, 15) is 4.79 Å². The molecule has 0 spiro atoms. The molecule has 0 aromatic heterocycles. The molecular weight excluding hydrogens is 493 g/mol. The number of piperazine rings is 1. The maximum absolute atomic E-state index is 11.6. The van der Waals surface area contributed by atoms with E-state index in [4.69, 9.17) is 4.74 Å². The van der Waals surface area contributed by atoms with Gasteiger partial charge in [0.2, 0.25) is 0 Å². The first kappa shape index (κ1) is 23.8. The van der Waals surface area contributed by atoms with Crippen molar-refractivity contribution in [3.05, 3.63) is 59.7 Å². The molecule has 7 nitrogen and oxygen atoms in total. The van der Waals surface area contributed by atoms with Gasteiger partial charge in [-0.15, -0.1) is 24.0 Å². The Hall–Kier alpha value is -2.49. The topological polar surface area (TPSA) is 69.2 Å². The zero-order chi connectivity index (χ0) is 20.6. The normalized spacial score (nSPS) is 14.0. The van der Waals surface area contributed by atoms with Gasteiger partial charge in [-0.3, -0.25) is 9.79 Å². The Morgan fingerprint density at radius 2 is 1.80 bits per heavy atom. The molecule has 2 N–H and O–H groups in total. The van der Waals surface area contributed by atoms with Crippen LogP contribution in [0.4, 0.5) is 5.69 Å². The predicted octanol–water partition coefficient (Wildman–Crippen LogP) is 2.57. The number of benzene rings is 2. The molecule has 1 aliphatic heterocycles. The van der Waals surface area contributed by atoms with Crippen LogP contribution in [-0.4, -0.2) is 64.2 Å². The summed E-state index contributed by atoms with van der Waals surface area (Å²) in [6.07, 6.45) is 0. The maximum atomic E-state index is 11.6. The molecule has 1 amide bonds. The van der Waals surface area contributed by atoms with E-state index in [0.29, 0.717) is 12.1 Å². The Morgan fingerprint density at radius 1 is 1.10 bits per heavy atom. The Bertz CT molecular complexity index is 849. The molecule has 0 aliphatic carbocycles. The van der Waals surface area contributed by atoms with Gasteiger partial charge in [0, 0.05) is 64.1 Å². The second kappa shape index (κ2) is 11.6. The van der Waals surface area contributed by atoms with E-state index >= 15 is 0 Å². The zero-order valence-corrected chi connectivity index (χ0v) is 20.1. The lowest BCUT2D eigenvalue weighted by Gasteiger charge is -2.37. The summed E-state index contributed by atoms with van der Waals surface area (Å²) in [5.74, 6) is 1.70. The van der Waals surface area contributed by atoms with Crippen LogP contribution in [0.15, 0.2) is 53.5 Å². The summed E-state index contributed by atoms with van der Waals surface area (Å²) in [5.41, 5.74) is 2.95. The number of anilines is 1. The molecule has 0 atom stereocenters. The fourth-order valence-electron chi connectivity index (χ4n) is 3.42. The Kier molecular flexibility index (Phi) is 9.22. The van der Waals surface area contributed by atoms with Gasteiger partial charge in [0.25, 0.3) is 5.91 Å². The lowest BCUT2D eigenvalue weighted by molar-refractivity contribution is 0.0963. The van der Waals surface area contributed by atoms with Crippen LogP contribution >= 0.6 is 24.0 Å². The van der Waals surface area contributed by atoms with Crippen molar-refractivity contribution in [2.24, 2.45) is 4.99 Å². The summed E-state index contributed by atoms with van der Waals surface area (Å²) >= 11 is 0. The number of aliphatic imine (C=N–C) groups is 1. The van der Waals surface area contributed by atoms with E-state index in [0.717, 1.165) is 43.5 Å². The number of carbonyl (C=O) groups excluding carboxylic acids is 1. The van der Waals surface area contributed by atoms with Crippen molar-refractivity contribution in [2.45, 2.75) is 6.54 Å². The van der Waals surface area contributed by atoms with Crippen LogP contribution in [0.1, 0.15) is 15.9 Å². The van der Waals surface area contributed by atoms with Crippen molar-refractivity contribution < 1.29 is 9.53 Å². The summed E-state index contributed by atoms with van der Waals surface area (Å²) in [6, 6.07) is 15.8. The lowest BCUT2D eigenvalue weighted by Crippen LogP contribution is -2.52.